The van der Waals surface area contributed by atoms with Crippen molar-refractivity contribution in [2.75, 3.05) is 0 Å². The Bertz CT molecular complexity index is 252. The van der Waals surface area contributed by atoms with Gasteiger partial charge in [0.25, 0.3) is 0 Å². The van der Waals surface area contributed by atoms with E-state index in [0.717, 1.165) is 19.3 Å². The monoisotopic (exact) mass is 318 g/mol. The van der Waals surface area contributed by atoms with Gasteiger partial charge in [0.05, 0.1) is 0 Å². The molecule has 0 saturated heterocycles. The topological polar surface area (TPSA) is 40.1 Å². The molecular weight excluding hydrogens is 283 g/mol. The number of aliphatic carboxylic acids is 1. The molecule has 0 radical (unpaired) electrons. The maximum atomic E-state index is 10.2. The molecule has 0 aliphatic heterocycles. The quantitative estimate of drug-likeness (QED) is 0.249. The van der Waals surface area contributed by atoms with Gasteiger partial charge >= 0.3 is 29.6 Å². The summed E-state index contributed by atoms with van der Waals surface area (Å²) in [6.07, 6.45) is 22.4. The van der Waals surface area contributed by atoms with Crippen LogP contribution in [-0.2, 0) is 4.79 Å². The summed E-state index contributed by atoms with van der Waals surface area (Å²) in [5, 5.41) is 10.2. The molecule has 0 N–H and O–H groups in total. The van der Waals surface area contributed by atoms with E-state index in [2.05, 4.69) is 19.1 Å². The van der Waals surface area contributed by atoms with Gasteiger partial charge in [0.1, 0.15) is 0 Å². The van der Waals surface area contributed by atoms with E-state index in [-0.39, 0.29) is 36.0 Å². The summed E-state index contributed by atoms with van der Waals surface area (Å²) in [6, 6.07) is 0. The molecule has 3 heteroatoms. The molecule has 0 atom stereocenters. The molecule has 0 amide bonds. The average molecular weight is 318 g/mol. The summed E-state index contributed by atoms with van der Waals surface area (Å²) in [7, 11) is 0. The molecule has 0 heterocycles. The second kappa shape index (κ2) is 21.2. The van der Waals surface area contributed by atoms with E-state index in [4.69, 9.17) is 0 Å². The Balaban J connectivity index is 0. The third-order valence-electron chi connectivity index (χ3n) is 3.89. The predicted molar refractivity (Wildman–Crippen MR) is 89.1 cm³/mol. The molecule has 0 aliphatic carbocycles. The molecule has 0 saturated carbocycles. The van der Waals surface area contributed by atoms with Gasteiger partial charge in [0, 0.05) is 5.97 Å². The van der Waals surface area contributed by atoms with Crippen LogP contribution in [0.3, 0.4) is 0 Å². The van der Waals surface area contributed by atoms with Gasteiger partial charge in [0.2, 0.25) is 0 Å². The fraction of sp³-hybridized carbons (Fsp3) is 0.842. The number of allylic oxidation sites excluding steroid dienone is 2. The minimum Gasteiger partial charge on any atom is -0.550 e. The van der Waals surface area contributed by atoms with Crippen LogP contribution in [0, 0.1) is 0 Å². The smallest absolute Gasteiger partial charge is 0.550 e. The Morgan fingerprint density at radius 3 is 1.59 bits per heavy atom. The van der Waals surface area contributed by atoms with Crippen molar-refractivity contribution in [2.24, 2.45) is 0 Å². The van der Waals surface area contributed by atoms with Gasteiger partial charge in [-0.2, -0.15) is 0 Å². The van der Waals surface area contributed by atoms with E-state index in [9.17, 15) is 9.90 Å². The minimum atomic E-state index is -0.912. The first-order valence-electron chi connectivity index (χ1n) is 9.12. The van der Waals surface area contributed by atoms with E-state index in [1.165, 1.54) is 70.6 Å². The molecule has 0 aliphatic rings. The second-order valence-electron chi connectivity index (χ2n) is 6.06. The average Bonchev–Trinajstić information content (AvgIpc) is 2.46. The molecule has 0 unspecified atom stereocenters. The van der Waals surface area contributed by atoms with Crippen LogP contribution in [0.15, 0.2) is 12.2 Å². The van der Waals surface area contributed by atoms with Gasteiger partial charge in [-0.3, -0.25) is 0 Å². The number of carbonyl (C=O) groups is 1. The fourth-order valence-electron chi connectivity index (χ4n) is 2.52. The number of carbonyl (C=O) groups excluding carboxylic acids is 1. The van der Waals surface area contributed by atoms with Crippen molar-refractivity contribution in [3.8, 4) is 0 Å². The molecule has 0 rings (SSSR count). The Kier molecular flexibility index (Phi) is 23.6. The number of carboxylic acid groups (broad SMARTS) is 1. The van der Waals surface area contributed by atoms with Crippen LogP contribution >= 0.6 is 0 Å². The summed E-state index contributed by atoms with van der Waals surface area (Å²) < 4.78 is 0. The molecule has 0 aromatic carbocycles. The summed E-state index contributed by atoms with van der Waals surface area (Å²) >= 11 is 0. The maximum Gasteiger partial charge on any atom is 1.00 e. The van der Waals surface area contributed by atoms with Crippen LogP contribution in [0.1, 0.15) is 103 Å². The number of rotatable bonds is 16. The SMILES string of the molecule is CCCCCCCC/C=C\CCCCCCCCC(=O)[O-].[Na+]. The first-order chi connectivity index (χ1) is 10.3. The van der Waals surface area contributed by atoms with Crippen LogP contribution in [0.2, 0.25) is 0 Å². The standard InChI is InChI=1S/C19H36O2.Na/c1-2-3-4-5-6-7-8-9-10-11-12-13-14-15-16-17-18-19(20)21;/h9-10H,2-8,11-18H2,1H3,(H,20,21);/q;+1/p-1/b10-9-;. The van der Waals surface area contributed by atoms with Crippen molar-refractivity contribution in [1.29, 1.82) is 0 Å². The van der Waals surface area contributed by atoms with Gasteiger partial charge in [-0.25, -0.2) is 0 Å². The van der Waals surface area contributed by atoms with Crippen molar-refractivity contribution in [2.45, 2.75) is 103 Å². The number of carboxylic acids is 1. The molecule has 0 bridgehead atoms. The Morgan fingerprint density at radius 1 is 0.727 bits per heavy atom. The normalized spacial score (nSPS) is 10.8. The largest absolute Gasteiger partial charge is 1.00 e. The summed E-state index contributed by atoms with van der Waals surface area (Å²) in [5.41, 5.74) is 0. The van der Waals surface area contributed by atoms with Crippen LogP contribution in [-0.4, -0.2) is 5.97 Å². The molecule has 0 aromatic rings. The van der Waals surface area contributed by atoms with E-state index in [1.54, 1.807) is 0 Å². The molecule has 22 heavy (non-hydrogen) atoms. The van der Waals surface area contributed by atoms with Gasteiger partial charge in [-0.15, -0.1) is 0 Å². The Morgan fingerprint density at radius 2 is 1.14 bits per heavy atom. The molecule has 0 spiro atoms. The summed E-state index contributed by atoms with van der Waals surface area (Å²) in [5.74, 6) is -0.912. The van der Waals surface area contributed by atoms with Crippen LogP contribution < -0.4 is 34.7 Å². The van der Waals surface area contributed by atoms with Gasteiger partial charge in [0.15, 0.2) is 0 Å². The zero-order chi connectivity index (χ0) is 15.6. The second-order valence-corrected chi connectivity index (χ2v) is 6.06. The molecular formula is C19H35NaO2. The minimum absolute atomic E-state index is 0. The number of unbranched alkanes of at least 4 members (excludes halogenated alkanes) is 12. The van der Waals surface area contributed by atoms with Crippen LogP contribution in [0.4, 0.5) is 0 Å². The van der Waals surface area contributed by atoms with E-state index >= 15 is 0 Å². The van der Waals surface area contributed by atoms with Gasteiger partial charge < -0.3 is 9.90 Å². The zero-order valence-corrected chi connectivity index (χ0v) is 17.1. The third-order valence-corrected chi connectivity index (χ3v) is 3.89. The molecule has 0 aromatic heterocycles. The number of hydrogen-bond donors (Lipinski definition) is 0. The molecule has 2 nitrogen and oxygen atoms in total. The van der Waals surface area contributed by atoms with E-state index in [1.807, 2.05) is 0 Å². The number of hydrogen-bond acceptors (Lipinski definition) is 2. The van der Waals surface area contributed by atoms with Crippen molar-refractivity contribution in [3.63, 3.8) is 0 Å². The van der Waals surface area contributed by atoms with Crippen molar-refractivity contribution in [3.05, 3.63) is 12.2 Å². The van der Waals surface area contributed by atoms with Gasteiger partial charge in [-0.05, 0) is 38.5 Å². The molecule has 0 fully saturated rings. The maximum absolute atomic E-state index is 10.2. The Hall–Kier alpha value is 0.210. The predicted octanol–water partition coefficient (Wildman–Crippen LogP) is 2.17. The van der Waals surface area contributed by atoms with E-state index < -0.39 is 5.97 Å². The summed E-state index contributed by atoms with van der Waals surface area (Å²) in [6.45, 7) is 2.26. The molecule has 124 valence electrons. The van der Waals surface area contributed by atoms with Crippen molar-refractivity contribution >= 4 is 5.97 Å². The van der Waals surface area contributed by atoms with Crippen LogP contribution in [0.5, 0.6) is 0 Å². The first-order valence-corrected chi connectivity index (χ1v) is 9.12. The fourth-order valence-corrected chi connectivity index (χ4v) is 2.52. The zero-order valence-electron chi connectivity index (χ0n) is 15.1. The van der Waals surface area contributed by atoms with E-state index in [0.29, 0.717) is 0 Å². The van der Waals surface area contributed by atoms with Crippen molar-refractivity contribution in [1.82, 2.24) is 0 Å². The van der Waals surface area contributed by atoms with Gasteiger partial charge in [-0.1, -0.05) is 76.9 Å². The summed E-state index contributed by atoms with van der Waals surface area (Å²) in [4.78, 5) is 10.2. The van der Waals surface area contributed by atoms with Crippen LogP contribution in [0.25, 0.3) is 0 Å². The Labute approximate surface area is 160 Å². The first kappa shape index (κ1) is 24.5. The van der Waals surface area contributed by atoms with Crippen molar-refractivity contribution < 1.29 is 39.5 Å². The third kappa shape index (κ3) is 22.5.